The fourth-order valence-electron chi connectivity index (χ4n) is 6.94. The van der Waals surface area contributed by atoms with Crippen molar-refractivity contribution in [2.24, 2.45) is 0 Å². The van der Waals surface area contributed by atoms with Crippen molar-refractivity contribution in [3.05, 3.63) is 121 Å². The first kappa shape index (κ1) is 25.2. The second-order valence-corrected chi connectivity index (χ2v) is 14.0. The Balaban J connectivity index is 1.69. The van der Waals surface area contributed by atoms with Crippen LogP contribution in [-0.4, -0.2) is 9.13 Å². The Hall–Kier alpha value is -4.56. The van der Waals surface area contributed by atoms with Gasteiger partial charge in [-0.05, 0) is 93.4 Å². The first-order valence-corrected chi connectivity index (χ1v) is 15.0. The van der Waals surface area contributed by atoms with Crippen molar-refractivity contribution in [1.82, 2.24) is 9.13 Å². The third kappa shape index (κ3) is 3.51. The zero-order valence-electron chi connectivity index (χ0n) is 25.3. The van der Waals surface area contributed by atoms with Gasteiger partial charge < -0.3 is 9.13 Å². The molecule has 0 spiro atoms. The molecule has 2 aromatic heterocycles. The van der Waals surface area contributed by atoms with Gasteiger partial charge in [-0.3, -0.25) is 0 Å². The Morgan fingerprint density at radius 3 is 1.12 bits per heavy atom. The van der Waals surface area contributed by atoms with Gasteiger partial charge in [-0.15, -0.1) is 0 Å². The van der Waals surface area contributed by atoms with E-state index in [-0.39, 0.29) is 10.8 Å². The van der Waals surface area contributed by atoms with Crippen LogP contribution in [0.3, 0.4) is 0 Å². The Morgan fingerprint density at radius 1 is 0.405 bits per heavy atom. The summed E-state index contributed by atoms with van der Waals surface area (Å²) in [6, 6.07) is 36.1. The number of nitrogens with zero attached hydrogens (tertiary/aromatic N) is 2. The minimum atomic E-state index is 0.00860. The van der Waals surface area contributed by atoms with E-state index in [0.29, 0.717) is 0 Å². The van der Waals surface area contributed by atoms with Crippen molar-refractivity contribution in [2.75, 3.05) is 0 Å². The SMILES string of the molecule is CC(C)(C)c1cc2c3ccn(-c4ccccc4)c3c3cc(C(C)(C)C)cc4c5ccn(-c6ccccc6)c5c(c1)c2c43. The van der Waals surface area contributed by atoms with Crippen LogP contribution in [0.2, 0.25) is 0 Å². The summed E-state index contributed by atoms with van der Waals surface area (Å²) >= 11 is 0. The van der Waals surface area contributed by atoms with E-state index in [2.05, 4.69) is 160 Å². The van der Waals surface area contributed by atoms with Gasteiger partial charge in [-0.2, -0.15) is 0 Å². The fourth-order valence-corrected chi connectivity index (χ4v) is 6.94. The highest BCUT2D eigenvalue weighted by atomic mass is 15.0. The number of hydrogen-bond donors (Lipinski definition) is 0. The summed E-state index contributed by atoms with van der Waals surface area (Å²) in [5, 5.41) is 10.7. The fraction of sp³-hybridized carbons (Fsp3) is 0.200. The third-order valence-corrected chi connectivity index (χ3v) is 9.19. The van der Waals surface area contributed by atoms with Crippen LogP contribution in [0, 0.1) is 0 Å². The number of rotatable bonds is 2. The van der Waals surface area contributed by atoms with Gasteiger partial charge in [0, 0.05) is 56.1 Å². The molecule has 2 nitrogen and oxygen atoms in total. The van der Waals surface area contributed by atoms with Gasteiger partial charge in [0.1, 0.15) is 0 Å². The van der Waals surface area contributed by atoms with E-state index in [1.807, 2.05) is 0 Å². The highest BCUT2D eigenvalue weighted by molar-refractivity contribution is 6.39. The zero-order chi connectivity index (χ0) is 29.0. The number of para-hydroxylation sites is 2. The first-order chi connectivity index (χ1) is 20.1. The zero-order valence-corrected chi connectivity index (χ0v) is 25.3. The molecule has 0 atom stereocenters. The maximum absolute atomic E-state index is 2.47. The Kier molecular flexibility index (Phi) is 5.09. The molecule has 0 unspecified atom stereocenters. The number of aromatic nitrogens is 2. The first-order valence-electron chi connectivity index (χ1n) is 15.0. The molecule has 0 radical (unpaired) electrons. The van der Waals surface area contributed by atoms with E-state index in [0.717, 1.165) is 0 Å². The molecule has 2 heteroatoms. The van der Waals surface area contributed by atoms with Crippen molar-refractivity contribution < 1.29 is 0 Å². The van der Waals surface area contributed by atoms with Crippen LogP contribution in [0.15, 0.2) is 109 Å². The predicted molar refractivity (Wildman–Crippen MR) is 181 cm³/mol. The lowest BCUT2D eigenvalue weighted by Gasteiger charge is -2.25. The van der Waals surface area contributed by atoms with Gasteiger partial charge in [0.2, 0.25) is 0 Å². The number of benzene rings is 6. The topological polar surface area (TPSA) is 9.86 Å². The maximum Gasteiger partial charge on any atom is 0.0613 e. The molecule has 0 bridgehead atoms. The molecule has 0 amide bonds. The average Bonchev–Trinajstić information content (AvgIpc) is 3.62. The van der Waals surface area contributed by atoms with Gasteiger partial charge in [0.15, 0.2) is 0 Å². The molecule has 0 fully saturated rings. The lowest BCUT2D eigenvalue weighted by Crippen LogP contribution is -2.12. The summed E-state index contributed by atoms with van der Waals surface area (Å²) < 4.78 is 4.79. The van der Waals surface area contributed by atoms with Crippen LogP contribution >= 0.6 is 0 Å². The minimum Gasteiger partial charge on any atom is -0.316 e. The van der Waals surface area contributed by atoms with E-state index in [4.69, 9.17) is 0 Å². The van der Waals surface area contributed by atoms with E-state index in [1.54, 1.807) is 0 Å². The van der Waals surface area contributed by atoms with Crippen molar-refractivity contribution in [2.45, 2.75) is 52.4 Å². The molecule has 0 aliphatic carbocycles. The monoisotopic (exact) mass is 544 g/mol. The lowest BCUT2D eigenvalue weighted by molar-refractivity contribution is 0.591. The molecule has 0 saturated heterocycles. The molecule has 0 N–H and O–H groups in total. The third-order valence-electron chi connectivity index (χ3n) is 9.19. The summed E-state index contributed by atoms with van der Waals surface area (Å²) in [6.45, 7) is 14.0. The molecule has 2 heterocycles. The minimum absolute atomic E-state index is 0.00860. The molecule has 42 heavy (non-hydrogen) atoms. The highest BCUT2D eigenvalue weighted by Crippen LogP contribution is 2.48. The van der Waals surface area contributed by atoms with Crippen LogP contribution in [-0.2, 0) is 10.8 Å². The smallest absolute Gasteiger partial charge is 0.0613 e. The van der Waals surface area contributed by atoms with Gasteiger partial charge >= 0.3 is 0 Å². The summed E-state index contributed by atoms with van der Waals surface area (Å²) in [5.74, 6) is 0. The second-order valence-electron chi connectivity index (χ2n) is 14.0. The molecule has 8 rings (SSSR count). The van der Waals surface area contributed by atoms with Crippen molar-refractivity contribution in [3.63, 3.8) is 0 Å². The van der Waals surface area contributed by atoms with E-state index in [1.165, 1.54) is 76.6 Å². The molecule has 206 valence electrons. The lowest BCUT2D eigenvalue weighted by atomic mass is 9.79. The van der Waals surface area contributed by atoms with Crippen LogP contribution in [0.25, 0.3) is 65.5 Å². The summed E-state index contributed by atoms with van der Waals surface area (Å²) in [6.07, 6.45) is 4.53. The van der Waals surface area contributed by atoms with Crippen LogP contribution in [0.4, 0.5) is 0 Å². The highest BCUT2D eigenvalue weighted by Gasteiger charge is 2.26. The number of fused-ring (bicyclic) bond motifs is 6. The van der Waals surface area contributed by atoms with Crippen molar-refractivity contribution in [3.8, 4) is 11.4 Å². The van der Waals surface area contributed by atoms with Crippen LogP contribution in [0.5, 0.6) is 0 Å². The average molecular weight is 545 g/mol. The second kappa shape index (κ2) is 8.49. The van der Waals surface area contributed by atoms with Crippen LogP contribution < -0.4 is 0 Å². The van der Waals surface area contributed by atoms with E-state index < -0.39 is 0 Å². The molecule has 0 aliphatic rings. The standard InChI is InChI=1S/C40H36N2/c1-39(2,3)25-21-31-29-17-19-42(28-15-11-8-12-16-28)38(29)34-24-26(40(4,5)6)22-32-30-18-20-41(27-13-9-7-10-14-27)37(30)33(23-25)35(31)36(32)34/h7-24H,1-6H3. The van der Waals surface area contributed by atoms with Crippen molar-refractivity contribution >= 4 is 54.1 Å². The van der Waals surface area contributed by atoms with Gasteiger partial charge in [-0.1, -0.05) is 77.9 Å². The molecule has 6 aromatic carbocycles. The van der Waals surface area contributed by atoms with Crippen molar-refractivity contribution in [1.29, 1.82) is 0 Å². The molecular formula is C40H36N2. The molecular weight excluding hydrogens is 508 g/mol. The molecule has 0 aliphatic heterocycles. The normalized spacial score (nSPS) is 13.0. The summed E-state index contributed by atoms with van der Waals surface area (Å²) in [4.78, 5) is 0. The quantitative estimate of drug-likeness (QED) is 0.192. The Morgan fingerprint density at radius 2 is 0.762 bits per heavy atom. The van der Waals surface area contributed by atoms with Gasteiger partial charge in [-0.25, -0.2) is 0 Å². The van der Waals surface area contributed by atoms with E-state index >= 15 is 0 Å². The maximum atomic E-state index is 2.47. The Bertz CT molecular complexity index is 2120. The predicted octanol–water partition coefficient (Wildman–Crippen LogP) is 11.1. The van der Waals surface area contributed by atoms with Gasteiger partial charge in [0.25, 0.3) is 0 Å². The van der Waals surface area contributed by atoms with Gasteiger partial charge in [0.05, 0.1) is 11.0 Å². The molecule has 8 aromatic rings. The molecule has 0 saturated carbocycles. The largest absolute Gasteiger partial charge is 0.316 e. The summed E-state index contributed by atoms with van der Waals surface area (Å²) in [5.41, 5.74) is 7.70. The number of hydrogen-bond acceptors (Lipinski definition) is 0. The van der Waals surface area contributed by atoms with Crippen LogP contribution in [0.1, 0.15) is 52.7 Å². The Labute approximate surface area is 247 Å². The summed E-state index contributed by atoms with van der Waals surface area (Å²) in [7, 11) is 0. The van der Waals surface area contributed by atoms with E-state index in [9.17, 15) is 0 Å².